The molecule has 0 saturated carbocycles. The average Bonchev–Trinajstić information content (AvgIpc) is 2.42. The Morgan fingerprint density at radius 3 is 2.39 bits per heavy atom. The van der Waals surface area contributed by atoms with Crippen LogP contribution in [0.15, 0.2) is 52.3 Å². The largest absolute Gasteiger partial charge is 0.497 e. The lowest BCUT2D eigenvalue weighted by atomic mass is 10.2. The average molecular weight is 367 g/mol. The topological polar surface area (TPSA) is 33.0 Å². The fourth-order valence-corrected chi connectivity index (χ4v) is 2.75. The number of rotatable bonds is 3. The number of nitrogens with zero attached hydrogens (tertiary/aromatic N) is 1. The molecule has 0 atom stereocenters. The Kier molecular flexibility index (Phi) is 4.50. The molecular weight excluding hydrogens is 357 g/mol. The molecule has 2 aromatic rings. The fourth-order valence-electron chi connectivity index (χ4n) is 1.43. The van der Waals surface area contributed by atoms with Crippen LogP contribution in [-0.2, 0) is 0 Å². The first-order chi connectivity index (χ1) is 8.72. The summed E-state index contributed by atoms with van der Waals surface area (Å²) in [6.45, 7) is 0. The number of hydrogen-bond donors (Lipinski definition) is 0. The number of halogens is 1. The van der Waals surface area contributed by atoms with E-state index in [0.29, 0.717) is 5.56 Å². The predicted molar refractivity (Wildman–Crippen MR) is 81.0 cm³/mol. The zero-order valence-corrected chi connectivity index (χ0v) is 12.7. The Hall–Kier alpha value is -1.19. The van der Waals surface area contributed by atoms with Crippen molar-refractivity contribution in [3.63, 3.8) is 0 Å². The van der Waals surface area contributed by atoms with Gasteiger partial charge in [0.25, 0.3) is 0 Å². The molecular formula is C14H10INOS. The summed E-state index contributed by atoms with van der Waals surface area (Å²) in [4.78, 5) is 2.19. The SMILES string of the molecule is COc1ccc(Sc2ccc(I)c(C#N)c2)cc1. The molecule has 2 aromatic carbocycles. The van der Waals surface area contributed by atoms with Gasteiger partial charge < -0.3 is 4.74 Å². The van der Waals surface area contributed by atoms with E-state index in [1.54, 1.807) is 18.9 Å². The van der Waals surface area contributed by atoms with Crippen LogP contribution in [0.2, 0.25) is 0 Å². The van der Waals surface area contributed by atoms with E-state index in [4.69, 9.17) is 10.00 Å². The monoisotopic (exact) mass is 367 g/mol. The van der Waals surface area contributed by atoms with Crippen molar-refractivity contribution in [3.8, 4) is 11.8 Å². The Morgan fingerprint density at radius 1 is 1.11 bits per heavy atom. The van der Waals surface area contributed by atoms with Crippen LogP contribution < -0.4 is 4.74 Å². The molecule has 0 N–H and O–H groups in total. The molecule has 0 saturated heterocycles. The summed E-state index contributed by atoms with van der Waals surface area (Å²) in [5.41, 5.74) is 0.717. The van der Waals surface area contributed by atoms with Crippen molar-refractivity contribution in [2.75, 3.05) is 7.11 Å². The molecule has 0 aliphatic heterocycles. The molecule has 0 heterocycles. The van der Waals surface area contributed by atoms with Crippen molar-refractivity contribution in [2.45, 2.75) is 9.79 Å². The Bertz CT molecular complexity index is 590. The van der Waals surface area contributed by atoms with Gasteiger partial charge in [0, 0.05) is 13.4 Å². The van der Waals surface area contributed by atoms with Crippen molar-refractivity contribution < 1.29 is 4.74 Å². The van der Waals surface area contributed by atoms with E-state index in [2.05, 4.69) is 28.7 Å². The van der Waals surface area contributed by atoms with Gasteiger partial charge in [-0.05, 0) is 65.1 Å². The molecule has 18 heavy (non-hydrogen) atoms. The summed E-state index contributed by atoms with van der Waals surface area (Å²) in [6, 6.07) is 16.0. The van der Waals surface area contributed by atoms with Gasteiger partial charge in [-0.25, -0.2) is 0 Å². The normalized spacial score (nSPS) is 9.83. The lowest BCUT2D eigenvalue weighted by Crippen LogP contribution is -1.83. The molecule has 2 nitrogen and oxygen atoms in total. The van der Waals surface area contributed by atoms with Crippen LogP contribution in [0.1, 0.15) is 5.56 Å². The van der Waals surface area contributed by atoms with E-state index in [1.165, 1.54) is 0 Å². The smallest absolute Gasteiger partial charge is 0.118 e. The van der Waals surface area contributed by atoms with Gasteiger partial charge in [-0.1, -0.05) is 11.8 Å². The molecule has 0 amide bonds. The number of hydrogen-bond acceptors (Lipinski definition) is 3. The lowest BCUT2D eigenvalue weighted by molar-refractivity contribution is 0.414. The number of methoxy groups -OCH3 is 1. The predicted octanol–water partition coefficient (Wildman–Crippen LogP) is 4.32. The van der Waals surface area contributed by atoms with Crippen molar-refractivity contribution in [3.05, 3.63) is 51.6 Å². The van der Waals surface area contributed by atoms with E-state index >= 15 is 0 Å². The summed E-state index contributed by atoms with van der Waals surface area (Å²) in [6.07, 6.45) is 0. The highest BCUT2D eigenvalue weighted by atomic mass is 127. The first-order valence-corrected chi connectivity index (χ1v) is 7.14. The molecule has 90 valence electrons. The maximum Gasteiger partial charge on any atom is 0.118 e. The standard InChI is InChI=1S/C14H10INOS/c1-17-11-2-4-12(5-3-11)18-13-6-7-14(15)10(8-13)9-16/h2-8H,1H3. The minimum Gasteiger partial charge on any atom is -0.497 e. The molecule has 0 unspecified atom stereocenters. The van der Waals surface area contributed by atoms with Crippen LogP contribution in [0.25, 0.3) is 0 Å². The third kappa shape index (κ3) is 3.18. The first-order valence-electron chi connectivity index (χ1n) is 5.24. The van der Waals surface area contributed by atoms with Gasteiger partial charge in [0.1, 0.15) is 11.8 Å². The van der Waals surface area contributed by atoms with Gasteiger partial charge in [-0.2, -0.15) is 5.26 Å². The van der Waals surface area contributed by atoms with Crippen LogP contribution in [0.4, 0.5) is 0 Å². The number of ether oxygens (including phenoxy) is 1. The van der Waals surface area contributed by atoms with E-state index < -0.39 is 0 Å². The van der Waals surface area contributed by atoms with Crippen molar-refractivity contribution in [1.29, 1.82) is 5.26 Å². The highest BCUT2D eigenvalue weighted by Gasteiger charge is 2.03. The zero-order chi connectivity index (χ0) is 13.0. The van der Waals surface area contributed by atoms with Gasteiger partial charge in [0.05, 0.1) is 12.7 Å². The van der Waals surface area contributed by atoms with Gasteiger partial charge in [0.2, 0.25) is 0 Å². The lowest BCUT2D eigenvalue weighted by Gasteiger charge is -2.04. The quantitative estimate of drug-likeness (QED) is 0.758. The second-order valence-corrected chi connectivity index (χ2v) is 5.84. The van der Waals surface area contributed by atoms with E-state index in [0.717, 1.165) is 19.1 Å². The van der Waals surface area contributed by atoms with Crippen LogP contribution in [0, 0.1) is 14.9 Å². The van der Waals surface area contributed by atoms with Crippen molar-refractivity contribution in [1.82, 2.24) is 0 Å². The molecule has 0 aliphatic carbocycles. The number of benzene rings is 2. The maximum absolute atomic E-state index is 9.00. The first kappa shape index (κ1) is 13.2. The molecule has 0 bridgehead atoms. The van der Waals surface area contributed by atoms with Crippen LogP contribution in [0.3, 0.4) is 0 Å². The third-order valence-corrected chi connectivity index (χ3v) is 4.29. The molecule has 0 aromatic heterocycles. The Morgan fingerprint density at radius 2 is 1.78 bits per heavy atom. The molecule has 0 fully saturated rings. The van der Waals surface area contributed by atoms with Gasteiger partial charge in [-0.15, -0.1) is 0 Å². The van der Waals surface area contributed by atoms with E-state index in [9.17, 15) is 0 Å². The highest BCUT2D eigenvalue weighted by Crippen LogP contribution is 2.30. The van der Waals surface area contributed by atoms with Crippen LogP contribution >= 0.6 is 34.4 Å². The number of nitriles is 1. The second-order valence-electron chi connectivity index (χ2n) is 3.53. The summed E-state index contributed by atoms with van der Waals surface area (Å²) in [5.74, 6) is 0.847. The molecule has 2 rings (SSSR count). The van der Waals surface area contributed by atoms with Crippen molar-refractivity contribution >= 4 is 34.4 Å². The zero-order valence-electron chi connectivity index (χ0n) is 9.68. The van der Waals surface area contributed by atoms with Crippen LogP contribution in [-0.4, -0.2) is 7.11 Å². The fraction of sp³-hybridized carbons (Fsp3) is 0.0714. The van der Waals surface area contributed by atoms with Gasteiger partial charge in [-0.3, -0.25) is 0 Å². The highest BCUT2D eigenvalue weighted by molar-refractivity contribution is 14.1. The summed E-state index contributed by atoms with van der Waals surface area (Å²) >= 11 is 3.80. The van der Waals surface area contributed by atoms with Crippen LogP contribution in [0.5, 0.6) is 5.75 Å². The summed E-state index contributed by atoms with van der Waals surface area (Å²) < 4.78 is 6.10. The third-order valence-electron chi connectivity index (χ3n) is 2.35. The minimum absolute atomic E-state index is 0.717. The van der Waals surface area contributed by atoms with Gasteiger partial charge >= 0.3 is 0 Å². The van der Waals surface area contributed by atoms with E-state index in [-0.39, 0.29) is 0 Å². The molecule has 4 heteroatoms. The van der Waals surface area contributed by atoms with Gasteiger partial charge in [0.15, 0.2) is 0 Å². The molecule has 0 spiro atoms. The second kappa shape index (κ2) is 6.12. The minimum atomic E-state index is 0.717. The summed E-state index contributed by atoms with van der Waals surface area (Å²) in [7, 11) is 1.65. The molecule has 0 aliphatic rings. The van der Waals surface area contributed by atoms with Crippen molar-refractivity contribution in [2.24, 2.45) is 0 Å². The molecule has 0 radical (unpaired) electrons. The Labute approximate surface area is 124 Å². The summed E-state index contributed by atoms with van der Waals surface area (Å²) in [5, 5.41) is 9.00. The maximum atomic E-state index is 9.00. The Balaban J connectivity index is 2.20. The van der Waals surface area contributed by atoms with E-state index in [1.807, 2.05) is 42.5 Å².